The number of aromatic nitrogens is 1. The number of nitriles is 1. The molecule has 2 saturated heterocycles. The smallest absolute Gasteiger partial charge is 0.149 e. The molecule has 0 amide bonds. The van der Waals surface area contributed by atoms with Gasteiger partial charge in [-0.25, -0.2) is 4.98 Å². The fourth-order valence-electron chi connectivity index (χ4n) is 3.00. The second kappa shape index (κ2) is 6.51. The van der Waals surface area contributed by atoms with Crippen LogP contribution in [0.5, 0.6) is 0 Å². The molecule has 0 saturated carbocycles. The summed E-state index contributed by atoms with van der Waals surface area (Å²) in [7, 11) is 4.29. The summed E-state index contributed by atoms with van der Waals surface area (Å²) >= 11 is 0. The van der Waals surface area contributed by atoms with Crippen molar-refractivity contribution >= 4 is 11.6 Å². The molecule has 22 heavy (non-hydrogen) atoms. The standard InChI is InChI=1S/C16H24N6/c1-19-5-9-21(10-6-19)15-4-3-14(13-17)16(18-15)22-11-7-20(2)8-12-22/h3-4H,5-12H2,1-2H3. The summed E-state index contributed by atoms with van der Waals surface area (Å²) in [4.78, 5) is 14.0. The lowest BCUT2D eigenvalue weighted by atomic mass is 10.2. The highest BCUT2D eigenvalue weighted by molar-refractivity contribution is 5.59. The van der Waals surface area contributed by atoms with Gasteiger partial charge in [0, 0.05) is 52.4 Å². The number of likely N-dealkylation sites (N-methyl/N-ethyl adjacent to an activating group) is 2. The number of hydrogen-bond acceptors (Lipinski definition) is 6. The molecule has 0 aliphatic carbocycles. The van der Waals surface area contributed by atoms with Gasteiger partial charge in [-0.15, -0.1) is 0 Å². The zero-order valence-corrected chi connectivity index (χ0v) is 13.5. The molecule has 0 aromatic carbocycles. The summed E-state index contributed by atoms with van der Waals surface area (Å²) in [5.74, 6) is 1.85. The number of nitrogens with zero attached hydrogens (tertiary/aromatic N) is 6. The molecule has 6 heteroatoms. The molecule has 6 nitrogen and oxygen atoms in total. The highest BCUT2D eigenvalue weighted by Gasteiger charge is 2.21. The SMILES string of the molecule is CN1CCN(c2ccc(C#N)c(N3CCN(C)CC3)n2)CC1. The van der Waals surface area contributed by atoms with Crippen LogP contribution in [0, 0.1) is 11.3 Å². The van der Waals surface area contributed by atoms with Crippen LogP contribution in [0.1, 0.15) is 5.56 Å². The summed E-state index contributed by atoms with van der Waals surface area (Å²) in [6.07, 6.45) is 0. The van der Waals surface area contributed by atoms with E-state index in [0.29, 0.717) is 5.56 Å². The molecule has 0 spiro atoms. The molecule has 2 aliphatic rings. The van der Waals surface area contributed by atoms with Crippen LogP contribution >= 0.6 is 0 Å². The van der Waals surface area contributed by atoms with Crippen molar-refractivity contribution in [3.05, 3.63) is 17.7 Å². The molecule has 0 unspecified atom stereocenters. The summed E-state index contributed by atoms with van der Waals surface area (Å²) in [5, 5.41) is 9.39. The predicted molar refractivity (Wildman–Crippen MR) is 88.4 cm³/mol. The molecular formula is C16H24N6. The maximum absolute atomic E-state index is 9.39. The van der Waals surface area contributed by atoms with Crippen LogP contribution in [0.4, 0.5) is 11.6 Å². The Kier molecular flexibility index (Phi) is 4.46. The molecule has 1 aromatic heterocycles. The maximum atomic E-state index is 9.39. The number of pyridine rings is 1. The van der Waals surface area contributed by atoms with Gasteiger partial charge < -0.3 is 19.6 Å². The van der Waals surface area contributed by atoms with Crippen molar-refractivity contribution in [1.29, 1.82) is 5.26 Å². The van der Waals surface area contributed by atoms with Gasteiger partial charge in [-0.05, 0) is 26.2 Å². The molecule has 2 fully saturated rings. The van der Waals surface area contributed by atoms with Gasteiger partial charge in [0.1, 0.15) is 17.7 Å². The van der Waals surface area contributed by atoms with Crippen LogP contribution in [-0.4, -0.2) is 81.2 Å². The van der Waals surface area contributed by atoms with E-state index >= 15 is 0 Å². The third kappa shape index (κ3) is 3.16. The molecule has 0 N–H and O–H groups in total. The highest BCUT2D eigenvalue weighted by atomic mass is 15.3. The van der Waals surface area contributed by atoms with E-state index in [2.05, 4.69) is 39.8 Å². The first-order valence-corrected chi connectivity index (χ1v) is 7.95. The van der Waals surface area contributed by atoms with Gasteiger partial charge in [-0.1, -0.05) is 0 Å². The normalized spacial score (nSPS) is 21.0. The van der Waals surface area contributed by atoms with Crippen molar-refractivity contribution in [2.24, 2.45) is 0 Å². The Hall–Kier alpha value is -1.84. The van der Waals surface area contributed by atoms with E-state index in [1.807, 2.05) is 12.1 Å². The molecule has 2 aliphatic heterocycles. The summed E-state index contributed by atoms with van der Waals surface area (Å²) in [6.45, 7) is 8.03. The Bertz CT molecular complexity index is 550. The molecule has 1 aromatic rings. The minimum atomic E-state index is 0.683. The molecule has 0 atom stereocenters. The fourth-order valence-corrected chi connectivity index (χ4v) is 3.00. The molecule has 3 rings (SSSR count). The maximum Gasteiger partial charge on any atom is 0.149 e. The minimum absolute atomic E-state index is 0.683. The zero-order chi connectivity index (χ0) is 15.5. The topological polar surface area (TPSA) is 49.6 Å². The van der Waals surface area contributed by atoms with Crippen molar-refractivity contribution in [3.63, 3.8) is 0 Å². The van der Waals surface area contributed by atoms with Crippen molar-refractivity contribution in [1.82, 2.24) is 14.8 Å². The predicted octanol–water partition coefficient (Wildman–Crippen LogP) is 0.457. The van der Waals surface area contributed by atoms with Crippen LogP contribution in [0.15, 0.2) is 12.1 Å². The Morgan fingerprint density at radius 2 is 1.41 bits per heavy atom. The second-order valence-electron chi connectivity index (χ2n) is 6.23. The Morgan fingerprint density at radius 1 is 0.864 bits per heavy atom. The lowest BCUT2D eigenvalue weighted by molar-refractivity contribution is 0.310. The van der Waals surface area contributed by atoms with Gasteiger partial charge in [0.15, 0.2) is 0 Å². The van der Waals surface area contributed by atoms with Crippen molar-refractivity contribution in [2.75, 3.05) is 76.3 Å². The van der Waals surface area contributed by atoms with Crippen molar-refractivity contribution < 1.29 is 0 Å². The van der Waals surface area contributed by atoms with E-state index in [1.165, 1.54) is 0 Å². The first-order valence-electron chi connectivity index (χ1n) is 7.95. The first-order chi connectivity index (χ1) is 10.7. The van der Waals surface area contributed by atoms with E-state index in [0.717, 1.165) is 64.0 Å². The molecular weight excluding hydrogens is 276 g/mol. The van der Waals surface area contributed by atoms with E-state index in [4.69, 9.17) is 4.98 Å². The van der Waals surface area contributed by atoms with E-state index in [9.17, 15) is 5.26 Å². The number of hydrogen-bond donors (Lipinski definition) is 0. The van der Waals surface area contributed by atoms with Crippen LogP contribution in [0.3, 0.4) is 0 Å². The van der Waals surface area contributed by atoms with Gasteiger partial charge in [-0.3, -0.25) is 0 Å². The second-order valence-corrected chi connectivity index (χ2v) is 6.23. The average molecular weight is 300 g/mol. The Labute approximate surface area is 132 Å². The van der Waals surface area contributed by atoms with E-state index < -0.39 is 0 Å². The Balaban J connectivity index is 1.82. The summed E-state index contributed by atoms with van der Waals surface area (Å²) in [5.41, 5.74) is 0.683. The molecule has 0 bridgehead atoms. The van der Waals surface area contributed by atoms with Gasteiger partial charge in [-0.2, -0.15) is 5.26 Å². The van der Waals surface area contributed by atoms with Crippen LogP contribution in [0.2, 0.25) is 0 Å². The first kappa shape index (κ1) is 15.1. The fraction of sp³-hybridized carbons (Fsp3) is 0.625. The van der Waals surface area contributed by atoms with Crippen LogP contribution in [0.25, 0.3) is 0 Å². The number of piperazine rings is 2. The molecule has 118 valence electrons. The van der Waals surface area contributed by atoms with Crippen LogP contribution < -0.4 is 9.80 Å². The van der Waals surface area contributed by atoms with Gasteiger partial charge in [0.25, 0.3) is 0 Å². The van der Waals surface area contributed by atoms with Gasteiger partial charge in [0.05, 0.1) is 5.56 Å². The number of rotatable bonds is 2. The monoisotopic (exact) mass is 300 g/mol. The zero-order valence-electron chi connectivity index (χ0n) is 13.5. The van der Waals surface area contributed by atoms with Gasteiger partial charge in [0.2, 0.25) is 0 Å². The van der Waals surface area contributed by atoms with E-state index in [1.54, 1.807) is 0 Å². The Morgan fingerprint density at radius 3 is 1.95 bits per heavy atom. The molecule has 3 heterocycles. The third-order valence-electron chi connectivity index (χ3n) is 4.61. The highest BCUT2D eigenvalue weighted by Crippen LogP contribution is 2.24. The largest absolute Gasteiger partial charge is 0.354 e. The lowest BCUT2D eigenvalue weighted by Crippen LogP contribution is -2.46. The van der Waals surface area contributed by atoms with Crippen molar-refractivity contribution in [3.8, 4) is 6.07 Å². The van der Waals surface area contributed by atoms with E-state index in [-0.39, 0.29) is 0 Å². The quantitative estimate of drug-likeness (QED) is 0.791. The van der Waals surface area contributed by atoms with Crippen molar-refractivity contribution in [2.45, 2.75) is 0 Å². The summed E-state index contributed by atoms with van der Waals surface area (Å²) in [6, 6.07) is 6.21. The van der Waals surface area contributed by atoms with Crippen LogP contribution in [-0.2, 0) is 0 Å². The minimum Gasteiger partial charge on any atom is -0.354 e. The summed E-state index contributed by atoms with van der Waals surface area (Å²) < 4.78 is 0. The number of anilines is 2. The molecule has 0 radical (unpaired) electrons. The third-order valence-corrected chi connectivity index (χ3v) is 4.61. The van der Waals surface area contributed by atoms with Gasteiger partial charge >= 0.3 is 0 Å². The average Bonchev–Trinajstić information content (AvgIpc) is 2.56. The lowest BCUT2D eigenvalue weighted by Gasteiger charge is -2.36.